The highest BCUT2D eigenvalue weighted by Crippen LogP contribution is 2.34. The standard InChI is InChI=1S/C15H15NO4.CH2O2/c1-11-8-14(19-2)15(9-13(11)16(17)18)20-10-12-6-4-3-5-7-12;2-1-3/h3-9H,10H2,1-2H3;1H,(H,2,3). The van der Waals surface area contributed by atoms with Gasteiger partial charge in [-0.1, -0.05) is 30.3 Å². The third-order valence-electron chi connectivity index (χ3n) is 2.92. The molecular weight excluding hydrogens is 302 g/mol. The molecule has 23 heavy (non-hydrogen) atoms. The van der Waals surface area contributed by atoms with Crippen LogP contribution in [0, 0.1) is 17.0 Å². The minimum Gasteiger partial charge on any atom is -0.493 e. The van der Waals surface area contributed by atoms with Crippen molar-refractivity contribution >= 4 is 12.2 Å². The molecule has 0 radical (unpaired) electrons. The molecule has 7 nitrogen and oxygen atoms in total. The Morgan fingerprint density at radius 1 is 1.22 bits per heavy atom. The minimum absolute atomic E-state index is 0.0221. The molecule has 0 bridgehead atoms. The zero-order valence-electron chi connectivity index (χ0n) is 12.8. The summed E-state index contributed by atoms with van der Waals surface area (Å²) in [4.78, 5) is 18.9. The molecule has 0 spiro atoms. The molecule has 1 N–H and O–H groups in total. The Kier molecular flexibility index (Phi) is 7.06. The van der Waals surface area contributed by atoms with E-state index >= 15 is 0 Å². The molecule has 0 aromatic heterocycles. The van der Waals surface area contributed by atoms with E-state index in [2.05, 4.69) is 0 Å². The van der Waals surface area contributed by atoms with Crippen LogP contribution in [-0.4, -0.2) is 23.6 Å². The number of hydrogen-bond donors (Lipinski definition) is 1. The number of carbonyl (C=O) groups is 1. The fourth-order valence-electron chi connectivity index (χ4n) is 1.86. The Morgan fingerprint density at radius 3 is 2.35 bits per heavy atom. The Balaban J connectivity index is 0.000000816. The summed E-state index contributed by atoms with van der Waals surface area (Å²) in [5, 5.41) is 17.8. The number of benzene rings is 2. The zero-order chi connectivity index (χ0) is 17.2. The van der Waals surface area contributed by atoms with E-state index in [1.807, 2.05) is 30.3 Å². The molecule has 0 amide bonds. The smallest absolute Gasteiger partial charge is 0.290 e. The van der Waals surface area contributed by atoms with Gasteiger partial charge in [0.05, 0.1) is 18.1 Å². The average Bonchev–Trinajstić information content (AvgIpc) is 2.54. The highest BCUT2D eigenvalue weighted by atomic mass is 16.6. The largest absolute Gasteiger partial charge is 0.493 e. The van der Waals surface area contributed by atoms with Crippen molar-refractivity contribution in [3.05, 3.63) is 63.7 Å². The van der Waals surface area contributed by atoms with Crippen LogP contribution in [0.5, 0.6) is 11.5 Å². The lowest BCUT2D eigenvalue weighted by Gasteiger charge is -2.11. The van der Waals surface area contributed by atoms with E-state index in [0.717, 1.165) is 5.56 Å². The van der Waals surface area contributed by atoms with E-state index in [1.165, 1.54) is 13.2 Å². The molecule has 0 atom stereocenters. The van der Waals surface area contributed by atoms with Crippen LogP contribution in [0.15, 0.2) is 42.5 Å². The van der Waals surface area contributed by atoms with Crippen LogP contribution in [0.3, 0.4) is 0 Å². The Bertz CT molecular complexity index is 657. The lowest BCUT2D eigenvalue weighted by atomic mass is 10.2. The second-order valence-corrected chi connectivity index (χ2v) is 4.43. The first-order valence-electron chi connectivity index (χ1n) is 6.61. The lowest BCUT2D eigenvalue weighted by Crippen LogP contribution is -2.00. The fourth-order valence-corrected chi connectivity index (χ4v) is 1.86. The van der Waals surface area contributed by atoms with E-state index in [4.69, 9.17) is 19.4 Å². The topological polar surface area (TPSA) is 98.9 Å². The number of rotatable bonds is 5. The Morgan fingerprint density at radius 2 is 1.83 bits per heavy atom. The first kappa shape index (κ1) is 18.0. The highest BCUT2D eigenvalue weighted by molar-refractivity contribution is 5.53. The SMILES string of the molecule is COc1cc(C)c([N+](=O)[O-])cc1OCc1ccccc1.O=CO. The van der Waals surface area contributed by atoms with Gasteiger partial charge in [0.2, 0.25) is 0 Å². The summed E-state index contributed by atoms with van der Waals surface area (Å²) >= 11 is 0. The van der Waals surface area contributed by atoms with Crippen LogP contribution < -0.4 is 9.47 Å². The van der Waals surface area contributed by atoms with Gasteiger partial charge in [-0.05, 0) is 18.6 Å². The van der Waals surface area contributed by atoms with Crippen molar-refractivity contribution in [3.63, 3.8) is 0 Å². The van der Waals surface area contributed by atoms with Gasteiger partial charge < -0.3 is 14.6 Å². The molecule has 122 valence electrons. The van der Waals surface area contributed by atoms with Crippen LogP contribution in [0.4, 0.5) is 5.69 Å². The van der Waals surface area contributed by atoms with Gasteiger partial charge in [0, 0.05) is 5.56 Å². The number of nitro groups is 1. The number of ether oxygens (including phenoxy) is 2. The maximum Gasteiger partial charge on any atom is 0.290 e. The monoisotopic (exact) mass is 319 g/mol. The molecule has 0 saturated carbocycles. The Labute approximate surface area is 133 Å². The van der Waals surface area contributed by atoms with Crippen LogP contribution in [-0.2, 0) is 11.4 Å². The fraction of sp³-hybridized carbons (Fsp3) is 0.188. The minimum atomic E-state index is -0.426. The van der Waals surface area contributed by atoms with Gasteiger partial charge in [0.1, 0.15) is 6.61 Å². The van der Waals surface area contributed by atoms with E-state index in [9.17, 15) is 10.1 Å². The number of aryl methyl sites for hydroxylation is 1. The lowest BCUT2D eigenvalue weighted by molar-refractivity contribution is -0.385. The van der Waals surface area contributed by atoms with Crippen molar-refractivity contribution in [2.45, 2.75) is 13.5 Å². The maximum absolute atomic E-state index is 11.0. The predicted octanol–water partition coefficient (Wildman–Crippen LogP) is 3.19. The summed E-state index contributed by atoms with van der Waals surface area (Å²) in [6.45, 7) is 1.75. The maximum atomic E-state index is 11.0. The molecular formula is C16H17NO6. The zero-order valence-corrected chi connectivity index (χ0v) is 12.8. The molecule has 2 aromatic rings. The molecule has 7 heteroatoms. The normalized spacial score (nSPS) is 9.30. The second kappa shape index (κ2) is 9.04. The number of carboxylic acid groups (broad SMARTS) is 1. The molecule has 0 heterocycles. The third kappa shape index (κ3) is 5.31. The molecule has 0 aliphatic carbocycles. The van der Waals surface area contributed by atoms with E-state index < -0.39 is 4.92 Å². The second-order valence-electron chi connectivity index (χ2n) is 4.43. The van der Waals surface area contributed by atoms with Gasteiger partial charge in [-0.25, -0.2) is 0 Å². The van der Waals surface area contributed by atoms with Crippen molar-refractivity contribution in [1.82, 2.24) is 0 Å². The first-order valence-corrected chi connectivity index (χ1v) is 6.61. The van der Waals surface area contributed by atoms with Gasteiger partial charge in [0.15, 0.2) is 11.5 Å². The summed E-state index contributed by atoms with van der Waals surface area (Å²) in [6.07, 6.45) is 0. The molecule has 0 saturated heterocycles. The molecule has 0 aliphatic heterocycles. The van der Waals surface area contributed by atoms with Crippen LogP contribution in [0.1, 0.15) is 11.1 Å². The number of nitrogens with zero attached hydrogens (tertiary/aromatic N) is 1. The Hall–Kier alpha value is -3.09. The van der Waals surface area contributed by atoms with Crippen LogP contribution in [0.2, 0.25) is 0 Å². The summed E-state index contributed by atoms with van der Waals surface area (Å²) in [5.74, 6) is 0.859. The number of hydrogen-bond acceptors (Lipinski definition) is 5. The molecule has 0 unspecified atom stereocenters. The predicted molar refractivity (Wildman–Crippen MR) is 83.9 cm³/mol. The summed E-state index contributed by atoms with van der Waals surface area (Å²) < 4.78 is 10.8. The molecule has 2 rings (SSSR count). The number of nitro benzene ring substituents is 1. The van der Waals surface area contributed by atoms with Gasteiger partial charge in [0.25, 0.3) is 12.2 Å². The van der Waals surface area contributed by atoms with Crippen LogP contribution >= 0.6 is 0 Å². The van der Waals surface area contributed by atoms with E-state index in [-0.39, 0.29) is 12.2 Å². The molecule has 0 aliphatic rings. The summed E-state index contributed by atoms with van der Waals surface area (Å²) in [7, 11) is 1.51. The quantitative estimate of drug-likeness (QED) is 0.516. The van der Waals surface area contributed by atoms with Gasteiger partial charge in [-0.2, -0.15) is 0 Å². The molecule has 0 fully saturated rings. The van der Waals surface area contributed by atoms with Crippen molar-refractivity contribution in [2.24, 2.45) is 0 Å². The number of methoxy groups -OCH3 is 1. The van der Waals surface area contributed by atoms with Gasteiger partial charge in [-0.15, -0.1) is 0 Å². The van der Waals surface area contributed by atoms with Gasteiger partial charge >= 0.3 is 0 Å². The third-order valence-corrected chi connectivity index (χ3v) is 2.92. The van der Waals surface area contributed by atoms with E-state index in [0.29, 0.717) is 23.7 Å². The van der Waals surface area contributed by atoms with Crippen LogP contribution in [0.25, 0.3) is 0 Å². The highest BCUT2D eigenvalue weighted by Gasteiger charge is 2.16. The van der Waals surface area contributed by atoms with Crippen molar-refractivity contribution in [2.75, 3.05) is 7.11 Å². The first-order chi connectivity index (χ1) is 11.0. The summed E-state index contributed by atoms with van der Waals surface area (Å²) in [5.41, 5.74) is 1.55. The van der Waals surface area contributed by atoms with Gasteiger partial charge in [-0.3, -0.25) is 14.9 Å². The van der Waals surface area contributed by atoms with Crippen molar-refractivity contribution in [3.8, 4) is 11.5 Å². The van der Waals surface area contributed by atoms with Crippen molar-refractivity contribution < 1.29 is 24.3 Å². The average molecular weight is 319 g/mol. The summed E-state index contributed by atoms with van der Waals surface area (Å²) in [6, 6.07) is 12.6. The van der Waals surface area contributed by atoms with Crippen molar-refractivity contribution in [1.29, 1.82) is 0 Å². The molecule has 2 aromatic carbocycles. The van der Waals surface area contributed by atoms with E-state index in [1.54, 1.807) is 13.0 Å².